The summed E-state index contributed by atoms with van der Waals surface area (Å²) in [5.74, 6) is -1.15. The van der Waals surface area contributed by atoms with Gasteiger partial charge in [0, 0.05) is 15.5 Å². The number of rotatable bonds is 4. The van der Waals surface area contributed by atoms with Crippen LogP contribution in [0.4, 0.5) is 10.5 Å². The van der Waals surface area contributed by atoms with Crippen molar-refractivity contribution >= 4 is 41.9 Å². The summed E-state index contributed by atoms with van der Waals surface area (Å²) in [6.07, 6.45) is 0. The molecule has 0 fully saturated rings. The molecule has 1 atom stereocenters. The van der Waals surface area contributed by atoms with Crippen LogP contribution >= 0.6 is 24.2 Å². The molecule has 7 heteroatoms. The van der Waals surface area contributed by atoms with Crippen LogP contribution in [0.25, 0.3) is 0 Å². The van der Waals surface area contributed by atoms with Crippen LogP contribution in [0.2, 0.25) is 5.02 Å². The summed E-state index contributed by atoms with van der Waals surface area (Å²) in [5.41, 5.74) is 0.517. The van der Waals surface area contributed by atoms with Crippen molar-refractivity contribution in [3.05, 3.63) is 29.3 Å². The van der Waals surface area contributed by atoms with E-state index in [0.29, 0.717) is 10.7 Å². The van der Waals surface area contributed by atoms with Gasteiger partial charge in [-0.2, -0.15) is 12.6 Å². The van der Waals surface area contributed by atoms with Gasteiger partial charge in [-0.3, -0.25) is 0 Å². The molecule has 0 spiro atoms. The Bertz CT molecular complexity index is 471. The fraction of sp³-hybridized carbons (Fsp3) is 0.333. The van der Waals surface area contributed by atoms with Crippen LogP contribution in [-0.2, 0) is 4.79 Å². The van der Waals surface area contributed by atoms with E-state index in [0.717, 1.165) is 0 Å². The van der Waals surface area contributed by atoms with Gasteiger partial charge in [-0.05, 0) is 38.1 Å². The Balaban J connectivity index is 2.68. The molecule has 3 N–H and O–H groups in total. The topological polar surface area (TPSA) is 78.4 Å². The third-order valence-corrected chi connectivity index (χ3v) is 2.84. The lowest BCUT2D eigenvalue weighted by atomic mass is 10.0. The van der Waals surface area contributed by atoms with E-state index < -0.39 is 22.8 Å². The zero-order valence-corrected chi connectivity index (χ0v) is 12.1. The van der Waals surface area contributed by atoms with Gasteiger partial charge in [0.05, 0.1) is 0 Å². The fourth-order valence-corrected chi connectivity index (χ4v) is 1.67. The number of carboxylic acids is 1. The minimum atomic E-state index is -1.15. The van der Waals surface area contributed by atoms with Gasteiger partial charge in [0.2, 0.25) is 0 Å². The molecule has 0 heterocycles. The van der Waals surface area contributed by atoms with Crippen LogP contribution in [0, 0.1) is 0 Å². The minimum absolute atomic E-state index is 0.517. The van der Waals surface area contributed by atoms with E-state index in [9.17, 15) is 9.59 Å². The molecule has 0 bridgehead atoms. The third kappa shape index (κ3) is 5.00. The molecular weight excluding hydrogens is 288 g/mol. The van der Waals surface area contributed by atoms with Gasteiger partial charge < -0.3 is 15.7 Å². The zero-order valence-electron chi connectivity index (χ0n) is 10.5. The Labute approximate surface area is 121 Å². The van der Waals surface area contributed by atoms with Crippen LogP contribution in [0.1, 0.15) is 13.8 Å². The summed E-state index contributed by atoms with van der Waals surface area (Å²) in [6.45, 7) is 3.22. The molecule has 5 nitrogen and oxygen atoms in total. The number of hydrogen-bond acceptors (Lipinski definition) is 3. The molecule has 19 heavy (non-hydrogen) atoms. The van der Waals surface area contributed by atoms with E-state index in [1.165, 1.54) is 0 Å². The SMILES string of the molecule is CC(C)(S)[C@@H](NC(=O)Nc1ccc(Cl)cc1)C(=O)O. The van der Waals surface area contributed by atoms with Gasteiger partial charge in [0.1, 0.15) is 6.04 Å². The summed E-state index contributed by atoms with van der Waals surface area (Å²) in [7, 11) is 0. The minimum Gasteiger partial charge on any atom is -0.480 e. The number of thiol groups is 1. The normalized spacial score (nSPS) is 12.6. The molecule has 0 saturated heterocycles. The highest BCUT2D eigenvalue weighted by Gasteiger charge is 2.33. The van der Waals surface area contributed by atoms with E-state index in [1.807, 2.05) is 0 Å². The largest absolute Gasteiger partial charge is 0.480 e. The molecule has 1 aromatic rings. The highest BCUT2D eigenvalue weighted by molar-refractivity contribution is 7.81. The number of carboxylic acid groups (broad SMARTS) is 1. The van der Waals surface area contributed by atoms with Crippen molar-refractivity contribution in [3.8, 4) is 0 Å². The van der Waals surface area contributed by atoms with Crippen molar-refractivity contribution < 1.29 is 14.7 Å². The van der Waals surface area contributed by atoms with Gasteiger partial charge >= 0.3 is 12.0 Å². The van der Waals surface area contributed by atoms with Crippen molar-refractivity contribution in [3.63, 3.8) is 0 Å². The smallest absolute Gasteiger partial charge is 0.327 e. The van der Waals surface area contributed by atoms with Gasteiger partial charge in [0.25, 0.3) is 0 Å². The number of halogens is 1. The molecular formula is C12H15ClN2O3S. The quantitative estimate of drug-likeness (QED) is 0.646. The second-order valence-corrected chi connectivity index (χ2v) is 6.12. The Morgan fingerprint density at radius 3 is 2.26 bits per heavy atom. The first-order valence-electron chi connectivity index (χ1n) is 5.48. The standard InChI is InChI=1S/C12H15ClN2O3S/c1-12(2,19)9(10(16)17)15-11(18)14-8-5-3-7(13)4-6-8/h3-6,9,19H,1-2H3,(H,16,17)(H2,14,15,18)/t9-/m0/s1. The molecule has 0 aliphatic heterocycles. The number of urea groups is 1. The molecule has 0 aliphatic rings. The van der Waals surface area contributed by atoms with Gasteiger partial charge in [-0.1, -0.05) is 11.6 Å². The third-order valence-electron chi connectivity index (χ3n) is 2.33. The average Bonchev–Trinajstić information content (AvgIpc) is 2.27. The highest BCUT2D eigenvalue weighted by Crippen LogP contribution is 2.18. The van der Waals surface area contributed by atoms with Gasteiger partial charge in [-0.25, -0.2) is 9.59 Å². The highest BCUT2D eigenvalue weighted by atomic mass is 35.5. The molecule has 0 radical (unpaired) electrons. The predicted octanol–water partition coefficient (Wildman–Crippen LogP) is 2.62. The number of hydrogen-bond donors (Lipinski definition) is 4. The second kappa shape index (κ2) is 6.16. The Hall–Kier alpha value is -1.40. The molecule has 1 rings (SSSR count). The Kier molecular flexibility index (Phi) is 5.08. The van der Waals surface area contributed by atoms with E-state index in [-0.39, 0.29) is 0 Å². The van der Waals surface area contributed by atoms with E-state index >= 15 is 0 Å². The number of carbonyl (C=O) groups is 2. The monoisotopic (exact) mass is 302 g/mol. The molecule has 0 unspecified atom stereocenters. The Morgan fingerprint density at radius 1 is 1.32 bits per heavy atom. The fourth-order valence-electron chi connectivity index (χ4n) is 1.37. The lowest BCUT2D eigenvalue weighted by molar-refractivity contribution is -0.139. The van der Waals surface area contributed by atoms with Crippen LogP contribution in [-0.4, -0.2) is 27.9 Å². The molecule has 1 aromatic carbocycles. The molecule has 0 aromatic heterocycles. The first-order chi connectivity index (χ1) is 8.70. The first kappa shape index (κ1) is 15.7. The number of amides is 2. The Morgan fingerprint density at radius 2 is 1.84 bits per heavy atom. The summed E-state index contributed by atoms with van der Waals surface area (Å²) in [6, 6.07) is 4.75. The van der Waals surface area contributed by atoms with Crippen LogP contribution in [0.3, 0.4) is 0 Å². The molecule has 0 aliphatic carbocycles. The van der Waals surface area contributed by atoms with Crippen LogP contribution < -0.4 is 10.6 Å². The predicted molar refractivity (Wildman–Crippen MR) is 78.1 cm³/mol. The van der Waals surface area contributed by atoms with Crippen molar-refractivity contribution in [2.24, 2.45) is 0 Å². The first-order valence-corrected chi connectivity index (χ1v) is 6.31. The number of nitrogens with one attached hydrogen (secondary N) is 2. The van der Waals surface area contributed by atoms with Crippen molar-refractivity contribution in [2.45, 2.75) is 24.6 Å². The van der Waals surface area contributed by atoms with E-state index in [2.05, 4.69) is 23.3 Å². The molecule has 0 saturated carbocycles. The summed E-state index contributed by atoms with van der Waals surface area (Å²) in [4.78, 5) is 22.8. The maximum absolute atomic E-state index is 11.7. The van der Waals surface area contributed by atoms with Crippen molar-refractivity contribution in [1.82, 2.24) is 5.32 Å². The zero-order chi connectivity index (χ0) is 14.6. The number of carbonyl (C=O) groups excluding carboxylic acids is 1. The summed E-state index contributed by atoms with van der Waals surface area (Å²) in [5, 5.41) is 14.5. The molecule has 2 amide bonds. The van der Waals surface area contributed by atoms with Gasteiger partial charge in [0.15, 0.2) is 0 Å². The van der Waals surface area contributed by atoms with E-state index in [1.54, 1.807) is 38.1 Å². The lowest BCUT2D eigenvalue weighted by Crippen LogP contribution is -2.52. The lowest BCUT2D eigenvalue weighted by Gasteiger charge is -2.26. The van der Waals surface area contributed by atoms with Crippen LogP contribution in [0.15, 0.2) is 24.3 Å². The average molecular weight is 303 g/mol. The maximum atomic E-state index is 11.7. The van der Waals surface area contributed by atoms with Crippen molar-refractivity contribution in [2.75, 3.05) is 5.32 Å². The maximum Gasteiger partial charge on any atom is 0.327 e. The van der Waals surface area contributed by atoms with Crippen molar-refractivity contribution in [1.29, 1.82) is 0 Å². The van der Waals surface area contributed by atoms with E-state index in [4.69, 9.17) is 16.7 Å². The molecule has 104 valence electrons. The summed E-state index contributed by atoms with van der Waals surface area (Å²) < 4.78 is -0.886. The van der Waals surface area contributed by atoms with Crippen LogP contribution in [0.5, 0.6) is 0 Å². The number of benzene rings is 1. The second-order valence-electron chi connectivity index (χ2n) is 4.53. The number of anilines is 1. The number of aliphatic carboxylic acids is 1. The summed E-state index contributed by atoms with van der Waals surface area (Å²) >= 11 is 9.88. The van der Waals surface area contributed by atoms with Gasteiger partial charge in [-0.15, -0.1) is 0 Å².